The third-order valence-electron chi connectivity index (χ3n) is 4.23. The number of carbonyl (C=O) groups excluding carboxylic acids is 2. The summed E-state index contributed by atoms with van der Waals surface area (Å²) in [7, 11) is 0. The predicted molar refractivity (Wildman–Crippen MR) is 82.0 cm³/mol. The van der Waals surface area contributed by atoms with Crippen LogP contribution in [0, 0.1) is 5.92 Å². The Morgan fingerprint density at radius 2 is 2.00 bits per heavy atom. The van der Waals surface area contributed by atoms with Gasteiger partial charge < -0.3 is 15.0 Å². The van der Waals surface area contributed by atoms with Crippen LogP contribution in [0.4, 0.5) is 0 Å². The minimum Gasteiger partial charge on any atom is -0.370 e. The van der Waals surface area contributed by atoms with Crippen LogP contribution in [0.1, 0.15) is 31.4 Å². The number of rotatable bonds is 4. The van der Waals surface area contributed by atoms with Gasteiger partial charge in [0.05, 0.1) is 13.2 Å². The maximum absolute atomic E-state index is 12.5. The van der Waals surface area contributed by atoms with E-state index < -0.39 is 6.04 Å². The molecule has 22 heavy (non-hydrogen) atoms. The largest absolute Gasteiger partial charge is 0.370 e. The molecule has 1 unspecified atom stereocenters. The molecule has 5 heteroatoms. The van der Waals surface area contributed by atoms with E-state index in [2.05, 4.69) is 5.32 Å². The first kappa shape index (κ1) is 15.0. The number of hydrogen-bond donors (Lipinski definition) is 1. The highest BCUT2D eigenvalue weighted by atomic mass is 16.5. The van der Waals surface area contributed by atoms with Gasteiger partial charge in [-0.25, -0.2) is 0 Å². The average molecular weight is 302 g/mol. The summed E-state index contributed by atoms with van der Waals surface area (Å²) in [5.74, 6) is 0.101. The topological polar surface area (TPSA) is 58.6 Å². The van der Waals surface area contributed by atoms with Crippen LogP contribution in [0.25, 0.3) is 0 Å². The van der Waals surface area contributed by atoms with Crippen molar-refractivity contribution in [3.05, 3.63) is 35.9 Å². The maximum Gasteiger partial charge on any atom is 0.245 e. The lowest BCUT2D eigenvalue weighted by atomic mass is 10.1. The summed E-state index contributed by atoms with van der Waals surface area (Å²) in [5.41, 5.74) is 1.08. The van der Waals surface area contributed by atoms with Crippen LogP contribution in [-0.2, 0) is 14.3 Å². The lowest BCUT2D eigenvalue weighted by Crippen LogP contribution is -2.51. The van der Waals surface area contributed by atoms with E-state index in [1.54, 1.807) is 11.8 Å². The third kappa shape index (κ3) is 3.47. The summed E-state index contributed by atoms with van der Waals surface area (Å²) in [6, 6.07) is 9.46. The highest BCUT2D eigenvalue weighted by molar-refractivity contribution is 5.89. The number of carbonyl (C=O) groups is 2. The fourth-order valence-electron chi connectivity index (χ4n) is 2.73. The first-order valence-electron chi connectivity index (χ1n) is 7.91. The fourth-order valence-corrected chi connectivity index (χ4v) is 2.73. The van der Waals surface area contributed by atoms with Crippen molar-refractivity contribution in [3.8, 4) is 0 Å². The summed E-state index contributed by atoms with van der Waals surface area (Å²) in [5, 5.41) is 2.82. The first-order chi connectivity index (χ1) is 10.6. The van der Waals surface area contributed by atoms with Gasteiger partial charge in [0.15, 0.2) is 0 Å². The van der Waals surface area contributed by atoms with E-state index in [0.717, 1.165) is 18.4 Å². The second-order valence-electron chi connectivity index (χ2n) is 6.06. The van der Waals surface area contributed by atoms with Gasteiger partial charge >= 0.3 is 0 Å². The molecule has 1 aromatic carbocycles. The molecule has 5 nitrogen and oxygen atoms in total. The van der Waals surface area contributed by atoms with Gasteiger partial charge in [0, 0.05) is 12.5 Å². The van der Waals surface area contributed by atoms with Crippen molar-refractivity contribution in [2.45, 2.75) is 31.9 Å². The highest BCUT2D eigenvalue weighted by Crippen LogP contribution is 2.29. The number of hydrogen-bond acceptors (Lipinski definition) is 3. The second kappa shape index (κ2) is 6.48. The van der Waals surface area contributed by atoms with Crippen LogP contribution in [0.15, 0.2) is 30.3 Å². The summed E-state index contributed by atoms with van der Waals surface area (Å²) in [6.07, 6.45) is 1.80. The molecule has 1 saturated carbocycles. The van der Waals surface area contributed by atoms with Crippen LogP contribution in [-0.4, -0.2) is 42.5 Å². The van der Waals surface area contributed by atoms with Crippen LogP contribution < -0.4 is 5.32 Å². The predicted octanol–water partition coefficient (Wildman–Crippen LogP) is 1.50. The third-order valence-corrected chi connectivity index (χ3v) is 4.23. The molecule has 0 bridgehead atoms. The number of benzene rings is 1. The number of morpholine rings is 1. The van der Waals surface area contributed by atoms with Crippen LogP contribution in [0.2, 0.25) is 0 Å². The molecule has 1 aliphatic carbocycles. The molecule has 118 valence electrons. The summed E-state index contributed by atoms with van der Waals surface area (Å²) in [6.45, 7) is 3.39. The number of nitrogens with zero attached hydrogens (tertiary/aromatic N) is 1. The molecule has 0 aromatic heterocycles. The Balaban J connectivity index is 1.58. The van der Waals surface area contributed by atoms with E-state index >= 15 is 0 Å². The lowest BCUT2D eigenvalue weighted by molar-refractivity contribution is -0.142. The summed E-state index contributed by atoms with van der Waals surface area (Å²) in [4.78, 5) is 26.1. The summed E-state index contributed by atoms with van der Waals surface area (Å²) >= 11 is 0. The van der Waals surface area contributed by atoms with Gasteiger partial charge in [-0.2, -0.15) is 0 Å². The maximum atomic E-state index is 12.5. The van der Waals surface area contributed by atoms with Crippen molar-refractivity contribution >= 4 is 11.8 Å². The highest BCUT2D eigenvalue weighted by Gasteiger charge is 2.33. The van der Waals surface area contributed by atoms with E-state index in [1.807, 2.05) is 30.3 Å². The van der Waals surface area contributed by atoms with Crippen LogP contribution in [0.5, 0.6) is 0 Å². The van der Waals surface area contributed by atoms with Gasteiger partial charge in [-0.05, 0) is 25.3 Å². The number of ether oxygens (including phenoxy) is 1. The van der Waals surface area contributed by atoms with Crippen molar-refractivity contribution in [1.82, 2.24) is 10.2 Å². The van der Waals surface area contributed by atoms with E-state index in [1.165, 1.54) is 0 Å². The molecule has 1 saturated heterocycles. The van der Waals surface area contributed by atoms with Crippen molar-refractivity contribution in [2.75, 3.05) is 19.7 Å². The van der Waals surface area contributed by atoms with Gasteiger partial charge in [0.25, 0.3) is 0 Å². The summed E-state index contributed by atoms with van der Waals surface area (Å²) < 4.78 is 5.77. The Morgan fingerprint density at radius 1 is 1.27 bits per heavy atom. The molecule has 2 amide bonds. The SMILES string of the molecule is C[C@H](NC(=O)C1CC1)C(=O)N1CCOC(c2ccccc2)C1. The minimum atomic E-state index is -0.470. The minimum absolute atomic E-state index is 0.00807. The van der Waals surface area contributed by atoms with Gasteiger partial charge in [0.1, 0.15) is 12.1 Å². The lowest BCUT2D eigenvalue weighted by Gasteiger charge is -2.34. The van der Waals surface area contributed by atoms with Crippen LogP contribution in [0.3, 0.4) is 0 Å². The average Bonchev–Trinajstić information content (AvgIpc) is 3.40. The van der Waals surface area contributed by atoms with Crippen molar-refractivity contribution in [3.63, 3.8) is 0 Å². The smallest absolute Gasteiger partial charge is 0.245 e. The molecular formula is C17H22N2O3. The molecule has 1 N–H and O–H groups in total. The normalized spacial score (nSPS) is 23.0. The quantitative estimate of drug-likeness (QED) is 0.917. The zero-order valence-electron chi connectivity index (χ0n) is 12.8. The van der Waals surface area contributed by atoms with Crippen LogP contribution >= 0.6 is 0 Å². The molecule has 1 aliphatic heterocycles. The molecule has 1 heterocycles. The van der Waals surface area contributed by atoms with E-state index in [-0.39, 0.29) is 23.8 Å². The zero-order valence-corrected chi connectivity index (χ0v) is 12.8. The molecule has 0 radical (unpaired) electrons. The second-order valence-corrected chi connectivity index (χ2v) is 6.06. The Hall–Kier alpha value is -1.88. The van der Waals surface area contributed by atoms with E-state index in [0.29, 0.717) is 19.7 Å². The Labute approximate surface area is 130 Å². The van der Waals surface area contributed by atoms with Gasteiger partial charge in [-0.1, -0.05) is 30.3 Å². The molecule has 2 aliphatic rings. The molecule has 2 fully saturated rings. The molecule has 0 spiro atoms. The fraction of sp³-hybridized carbons (Fsp3) is 0.529. The molecule has 3 rings (SSSR count). The van der Waals surface area contributed by atoms with Gasteiger partial charge in [-0.15, -0.1) is 0 Å². The van der Waals surface area contributed by atoms with Crippen molar-refractivity contribution < 1.29 is 14.3 Å². The van der Waals surface area contributed by atoms with E-state index in [4.69, 9.17) is 4.74 Å². The Morgan fingerprint density at radius 3 is 2.68 bits per heavy atom. The number of amides is 2. The van der Waals surface area contributed by atoms with E-state index in [9.17, 15) is 9.59 Å². The number of nitrogens with one attached hydrogen (secondary N) is 1. The molecule has 2 atom stereocenters. The molecule has 1 aromatic rings. The van der Waals surface area contributed by atoms with Crippen molar-refractivity contribution in [2.24, 2.45) is 5.92 Å². The zero-order chi connectivity index (χ0) is 15.5. The Kier molecular flexibility index (Phi) is 4.43. The van der Waals surface area contributed by atoms with Gasteiger partial charge in [0.2, 0.25) is 11.8 Å². The van der Waals surface area contributed by atoms with Gasteiger partial charge in [-0.3, -0.25) is 9.59 Å². The monoisotopic (exact) mass is 302 g/mol. The first-order valence-corrected chi connectivity index (χ1v) is 7.91. The standard InChI is InChI=1S/C17H22N2O3/c1-12(18-16(20)14-7-8-14)17(21)19-9-10-22-15(11-19)13-5-3-2-4-6-13/h2-6,12,14-15H,7-11H2,1H3,(H,18,20)/t12-,15?/m0/s1. The van der Waals surface area contributed by atoms with Crippen molar-refractivity contribution in [1.29, 1.82) is 0 Å². The molecular weight excluding hydrogens is 280 g/mol. The Bertz CT molecular complexity index is 542.